The summed E-state index contributed by atoms with van der Waals surface area (Å²) in [7, 11) is 1.51. The number of methoxy groups -OCH3 is 1. The van der Waals surface area contributed by atoms with Crippen molar-refractivity contribution in [2.45, 2.75) is 6.92 Å². The summed E-state index contributed by atoms with van der Waals surface area (Å²) >= 11 is 0. The number of diazo groups is 1. The van der Waals surface area contributed by atoms with Crippen molar-refractivity contribution in [1.82, 2.24) is 0 Å². The van der Waals surface area contributed by atoms with Crippen molar-refractivity contribution < 1.29 is 19.4 Å². The number of carbonyl (C=O) groups excluding carboxylic acids is 1. The molecule has 0 heterocycles. The van der Waals surface area contributed by atoms with Crippen LogP contribution in [0, 0.1) is 5.39 Å². The maximum atomic E-state index is 11.4. The minimum atomic E-state index is -0.895. The highest BCUT2D eigenvalue weighted by molar-refractivity contribution is 5.97. The number of carbonyl (C=O) groups is 1. The first-order chi connectivity index (χ1) is 8.63. The molecule has 0 spiro atoms. The Morgan fingerprint density at radius 3 is 2.44 bits per heavy atom. The van der Waals surface area contributed by atoms with Crippen LogP contribution in [0.5, 0.6) is 5.75 Å². The smallest absolute Gasteiger partial charge is 0.501 e. The lowest BCUT2D eigenvalue weighted by Gasteiger charge is -2.01. The SMILES string of the molecule is CCOC(=O)C([N+]#N)=C(O)c1ccc(OC)cc1. The average molecular weight is 249 g/mol. The molecule has 18 heavy (non-hydrogen) atoms. The molecule has 0 radical (unpaired) electrons. The van der Waals surface area contributed by atoms with Crippen LogP contribution in [0.2, 0.25) is 0 Å². The quantitative estimate of drug-likeness (QED) is 0.383. The van der Waals surface area contributed by atoms with Gasteiger partial charge in [0.1, 0.15) is 5.75 Å². The predicted molar refractivity (Wildman–Crippen MR) is 64.3 cm³/mol. The maximum absolute atomic E-state index is 11.4. The van der Waals surface area contributed by atoms with Crippen LogP contribution in [0.1, 0.15) is 12.5 Å². The van der Waals surface area contributed by atoms with E-state index < -0.39 is 17.4 Å². The van der Waals surface area contributed by atoms with Crippen molar-refractivity contribution in [1.29, 1.82) is 5.39 Å². The van der Waals surface area contributed by atoms with E-state index in [0.717, 1.165) is 0 Å². The van der Waals surface area contributed by atoms with Crippen LogP contribution in [0.4, 0.5) is 0 Å². The molecule has 0 aliphatic rings. The molecule has 0 aliphatic heterocycles. The van der Waals surface area contributed by atoms with Gasteiger partial charge in [-0.25, -0.2) is 4.79 Å². The largest absolute Gasteiger partial charge is 0.510 e. The summed E-state index contributed by atoms with van der Waals surface area (Å²) in [4.78, 5) is 14.1. The Balaban J connectivity index is 3.11. The van der Waals surface area contributed by atoms with Gasteiger partial charge in [0.25, 0.3) is 0 Å². The molecular formula is C12H13N2O4+. The number of hydrogen-bond acceptors (Lipinski definition) is 5. The normalized spacial score (nSPS) is 11.2. The Labute approximate surface area is 104 Å². The number of ether oxygens (including phenoxy) is 2. The molecule has 0 saturated heterocycles. The van der Waals surface area contributed by atoms with Gasteiger partial charge in [-0.3, -0.25) is 0 Å². The zero-order valence-electron chi connectivity index (χ0n) is 10.1. The van der Waals surface area contributed by atoms with E-state index in [0.29, 0.717) is 11.3 Å². The van der Waals surface area contributed by atoms with Crippen LogP contribution in [0.25, 0.3) is 10.7 Å². The number of rotatable bonds is 4. The molecule has 1 aromatic rings. The molecule has 0 unspecified atom stereocenters. The first-order valence-electron chi connectivity index (χ1n) is 5.23. The Bertz CT molecular complexity index is 500. The Hall–Kier alpha value is -2.55. The molecule has 0 bridgehead atoms. The third-order valence-electron chi connectivity index (χ3n) is 2.16. The lowest BCUT2D eigenvalue weighted by molar-refractivity contribution is -0.138. The summed E-state index contributed by atoms with van der Waals surface area (Å²) in [6.45, 7) is 1.73. The van der Waals surface area contributed by atoms with E-state index in [1.54, 1.807) is 19.1 Å². The van der Waals surface area contributed by atoms with Gasteiger partial charge >= 0.3 is 11.7 Å². The van der Waals surface area contributed by atoms with E-state index in [4.69, 9.17) is 10.1 Å². The van der Waals surface area contributed by atoms with Gasteiger partial charge in [-0.1, -0.05) is 0 Å². The minimum Gasteiger partial charge on any atom is -0.501 e. The molecule has 1 aromatic carbocycles. The van der Waals surface area contributed by atoms with Gasteiger partial charge in [0, 0.05) is 5.56 Å². The van der Waals surface area contributed by atoms with E-state index in [1.807, 2.05) is 0 Å². The number of aliphatic hydroxyl groups is 1. The van der Waals surface area contributed by atoms with E-state index in [-0.39, 0.29) is 6.61 Å². The fourth-order valence-corrected chi connectivity index (χ4v) is 1.27. The van der Waals surface area contributed by atoms with Gasteiger partial charge in [0.05, 0.1) is 13.7 Å². The molecule has 0 aliphatic carbocycles. The predicted octanol–water partition coefficient (Wildman–Crippen LogP) is 2.34. The molecule has 0 amide bonds. The monoisotopic (exact) mass is 249 g/mol. The third kappa shape index (κ3) is 2.98. The van der Waals surface area contributed by atoms with Gasteiger partial charge in [0.15, 0.2) is 4.98 Å². The van der Waals surface area contributed by atoms with Crippen molar-refractivity contribution in [3.63, 3.8) is 0 Å². The average Bonchev–Trinajstić information content (AvgIpc) is 2.40. The van der Waals surface area contributed by atoms with Gasteiger partial charge < -0.3 is 14.6 Å². The second-order valence-electron chi connectivity index (χ2n) is 3.25. The number of nitrogens with zero attached hydrogens (tertiary/aromatic N) is 2. The maximum Gasteiger partial charge on any atom is 0.510 e. The van der Waals surface area contributed by atoms with Crippen LogP contribution in [-0.4, -0.2) is 24.8 Å². The van der Waals surface area contributed by atoms with Crippen molar-refractivity contribution in [2.24, 2.45) is 0 Å². The molecule has 0 atom stereocenters. The summed E-state index contributed by atoms with van der Waals surface area (Å²) in [6.07, 6.45) is 0. The lowest BCUT2D eigenvalue weighted by Crippen LogP contribution is -2.07. The third-order valence-corrected chi connectivity index (χ3v) is 2.16. The van der Waals surface area contributed by atoms with Crippen molar-refractivity contribution in [3.8, 4) is 5.75 Å². The van der Waals surface area contributed by atoms with Crippen molar-refractivity contribution in [2.75, 3.05) is 13.7 Å². The first-order valence-corrected chi connectivity index (χ1v) is 5.23. The second-order valence-corrected chi connectivity index (χ2v) is 3.25. The van der Waals surface area contributed by atoms with Gasteiger partial charge in [0.2, 0.25) is 11.2 Å². The summed E-state index contributed by atoms with van der Waals surface area (Å²) in [5.74, 6) is -0.753. The van der Waals surface area contributed by atoms with Crippen LogP contribution in [-0.2, 0) is 9.53 Å². The molecule has 1 rings (SSSR count). The van der Waals surface area contributed by atoms with Gasteiger partial charge in [-0.05, 0) is 31.2 Å². The molecule has 94 valence electrons. The zero-order chi connectivity index (χ0) is 13.5. The fraction of sp³-hybridized carbons (Fsp3) is 0.250. The van der Waals surface area contributed by atoms with Crippen molar-refractivity contribution >= 4 is 11.7 Å². The van der Waals surface area contributed by atoms with E-state index in [9.17, 15) is 9.90 Å². The summed E-state index contributed by atoms with van der Waals surface area (Å²) in [5.41, 5.74) is -0.223. The lowest BCUT2D eigenvalue weighted by atomic mass is 10.1. The van der Waals surface area contributed by atoms with Crippen LogP contribution in [0.3, 0.4) is 0 Å². The summed E-state index contributed by atoms with van der Waals surface area (Å²) in [5, 5.41) is 18.6. The topological polar surface area (TPSA) is 83.9 Å². The Morgan fingerprint density at radius 1 is 1.39 bits per heavy atom. The fourth-order valence-electron chi connectivity index (χ4n) is 1.27. The molecule has 0 aromatic heterocycles. The highest BCUT2D eigenvalue weighted by atomic mass is 16.5. The van der Waals surface area contributed by atoms with Gasteiger partial charge in [-0.15, -0.1) is 0 Å². The molecule has 0 fully saturated rings. The summed E-state index contributed by atoms with van der Waals surface area (Å²) < 4.78 is 9.61. The van der Waals surface area contributed by atoms with Crippen LogP contribution >= 0.6 is 0 Å². The molecule has 0 saturated carbocycles. The Morgan fingerprint density at radius 2 is 2.00 bits per heavy atom. The van der Waals surface area contributed by atoms with E-state index in [1.165, 1.54) is 19.2 Å². The zero-order valence-corrected chi connectivity index (χ0v) is 10.1. The summed E-state index contributed by atoms with van der Waals surface area (Å²) in [6, 6.07) is 6.26. The van der Waals surface area contributed by atoms with Crippen LogP contribution in [0.15, 0.2) is 30.0 Å². The van der Waals surface area contributed by atoms with Crippen LogP contribution < -0.4 is 4.74 Å². The number of aliphatic hydroxyl groups excluding tert-OH is 1. The Kier molecular flexibility index (Phi) is 4.69. The molecular weight excluding hydrogens is 236 g/mol. The first kappa shape index (κ1) is 13.5. The standard InChI is InChI=1S/C12H12N2O4/c1-3-18-12(16)10(14-13)11(15)8-4-6-9(17-2)7-5-8/h4-7H,3H2,1-2H3/p+1. The molecule has 1 N–H and O–H groups in total. The van der Waals surface area contributed by atoms with E-state index >= 15 is 0 Å². The highest BCUT2D eigenvalue weighted by Crippen LogP contribution is 2.20. The molecule has 6 heteroatoms. The number of esters is 1. The minimum absolute atomic E-state index is 0.119. The number of benzene rings is 1. The van der Waals surface area contributed by atoms with Gasteiger partial charge in [-0.2, -0.15) is 0 Å². The van der Waals surface area contributed by atoms with E-state index in [2.05, 4.69) is 9.71 Å². The number of hydrogen-bond donors (Lipinski definition) is 1. The molecule has 6 nitrogen and oxygen atoms in total. The van der Waals surface area contributed by atoms with Crippen molar-refractivity contribution in [3.05, 3.63) is 40.5 Å². The second kappa shape index (κ2) is 6.25. The highest BCUT2D eigenvalue weighted by Gasteiger charge is 2.31.